The number of phenols is 2. The lowest BCUT2D eigenvalue weighted by molar-refractivity contribution is -0.137. The van der Waals surface area contributed by atoms with Crippen LogP contribution < -0.4 is 5.32 Å². The van der Waals surface area contributed by atoms with Gasteiger partial charge in [-0.2, -0.15) is 0 Å². The van der Waals surface area contributed by atoms with Crippen LogP contribution in [0.4, 0.5) is 0 Å². The summed E-state index contributed by atoms with van der Waals surface area (Å²) in [6, 6.07) is 3.69. The van der Waals surface area contributed by atoms with Crippen LogP contribution in [0, 0.1) is 0 Å². The minimum absolute atomic E-state index is 0.0556. The van der Waals surface area contributed by atoms with Crippen LogP contribution in [0.5, 0.6) is 11.5 Å². The quantitative estimate of drug-likeness (QED) is 0.555. The molecule has 2 rings (SSSR count). The highest BCUT2D eigenvalue weighted by molar-refractivity contribution is 5.94. The Morgan fingerprint density at radius 1 is 1.24 bits per heavy atom. The zero-order valence-corrected chi connectivity index (χ0v) is 10.7. The highest BCUT2D eigenvalue weighted by Gasteiger charge is 2.10. The average molecular weight is 292 g/mol. The number of hydrogen-bond donors (Lipinski definition) is 4. The lowest BCUT2D eigenvalue weighted by Crippen LogP contribution is -2.22. The summed E-state index contributed by atoms with van der Waals surface area (Å²) in [6.45, 7) is -0.257. The summed E-state index contributed by atoms with van der Waals surface area (Å²) >= 11 is 0. The molecule has 4 N–H and O–H groups in total. The minimum Gasteiger partial charge on any atom is -0.504 e. The van der Waals surface area contributed by atoms with E-state index in [-0.39, 0.29) is 24.4 Å². The van der Waals surface area contributed by atoms with Gasteiger partial charge in [0.05, 0.1) is 12.7 Å². The highest BCUT2D eigenvalue weighted by Crippen LogP contribution is 2.24. The number of benzene rings is 1. The molecule has 1 aromatic heterocycles. The van der Waals surface area contributed by atoms with Gasteiger partial charge < -0.3 is 20.6 Å². The van der Waals surface area contributed by atoms with Crippen molar-refractivity contribution >= 4 is 11.9 Å². The number of carbonyl (C=O) groups excluding carboxylic acids is 1. The van der Waals surface area contributed by atoms with E-state index in [0.717, 1.165) is 10.7 Å². The van der Waals surface area contributed by atoms with Gasteiger partial charge >= 0.3 is 5.97 Å². The van der Waals surface area contributed by atoms with Crippen molar-refractivity contribution in [3.8, 4) is 11.5 Å². The molecule has 0 unspecified atom stereocenters. The number of rotatable bonds is 5. The molecule has 0 aliphatic heterocycles. The Morgan fingerprint density at radius 2 is 2.00 bits per heavy atom. The van der Waals surface area contributed by atoms with Gasteiger partial charge in [0.1, 0.15) is 12.2 Å². The third-order valence-electron chi connectivity index (χ3n) is 2.55. The fraction of sp³-hybridized carbons (Fsp3) is 0.167. The monoisotopic (exact) mass is 292 g/mol. The zero-order chi connectivity index (χ0) is 15.4. The van der Waals surface area contributed by atoms with Crippen molar-refractivity contribution in [1.82, 2.24) is 20.3 Å². The number of aliphatic carboxylic acids is 1. The first-order valence-corrected chi connectivity index (χ1v) is 5.86. The molecule has 21 heavy (non-hydrogen) atoms. The molecular formula is C12H12N4O5. The van der Waals surface area contributed by atoms with Crippen LogP contribution >= 0.6 is 0 Å². The molecule has 1 amide bonds. The summed E-state index contributed by atoms with van der Waals surface area (Å²) in [5.74, 6) is -2.23. The smallest absolute Gasteiger partial charge is 0.325 e. The summed E-state index contributed by atoms with van der Waals surface area (Å²) < 4.78 is 1.14. The van der Waals surface area contributed by atoms with E-state index in [1.54, 1.807) is 0 Å². The first-order valence-electron chi connectivity index (χ1n) is 5.86. The van der Waals surface area contributed by atoms with Crippen LogP contribution in [-0.4, -0.2) is 42.2 Å². The molecule has 9 nitrogen and oxygen atoms in total. The van der Waals surface area contributed by atoms with Gasteiger partial charge in [0.15, 0.2) is 11.5 Å². The molecule has 9 heteroatoms. The third kappa shape index (κ3) is 3.69. The Kier molecular flexibility index (Phi) is 4.02. The van der Waals surface area contributed by atoms with E-state index >= 15 is 0 Å². The van der Waals surface area contributed by atoms with Gasteiger partial charge in [-0.3, -0.25) is 9.59 Å². The summed E-state index contributed by atoms with van der Waals surface area (Å²) in [4.78, 5) is 22.3. The van der Waals surface area contributed by atoms with Gasteiger partial charge in [-0.25, -0.2) is 4.68 Å². The second kappa shape index (κ2) is 5.90. The van der Waals surface area contributed by atoms with E-state index in [4.69, 9.17) is 10.2 Å². The third-order valence-corrected chi connectivity index (χ3v) is 2.55. The van der Waals surface area contributed by atoms with Crippen LogP contribution in [0.25, 0.3) is 0 Å². The number of aromatic hydroxyl groups is 2. The Bertz CT molecular complexity index is 682. The van der Waals surface area contributed by atoms with E-state index in [1.165, 1.54) is 18.3 Å². The standard InChI is InChI=1S/C12H12N4O5/c17-9-2-1-7(3-10(9)18)12(21)13-4-8-5-16(15-14-8)6-11(19)20/h1-3,5,17-18H,4,6H2,(H,13,21)(H,19,20). The van der Waals surface area contributed by atoms with Crippen molar-refractivity contribution < 1.29 is 24.9 Å². The molecule has 1 heterocycles. The minimum atomic E-state index is -1.05. The molecule has 0 atom stereocenters. The first kappa shape index (κ1) is 14.3. The van der Waals surface area contributed by atoms with Crippen LogP contribution in [0.1, 0.15) is 16.1 Å². The summed E-state index contributed by atoms with van der Waals surface area (Å²) in [6.07, 6.45) is 1.41. The number of aromatic nitrogens is 3. The topological polar surface area (TPSA) is 138 Å². The SMILES string of the molecule is O=C(O)Cn1cc(CNC(=O)c2ccc(O)c(O)c2)nn1. The molecular weight excluding hydrogens is 280 g/mol. The van der Waals surface area contributed by atoms with E-state index < -0.39 is 17.6 Å². The number of nitrogens with one attached hydrogen (secondary N) is 1. The molecule has 0 radical (unpaired) electrons. The van der Waals surface area contributed by atoms with Crippen molar-refractivity contribution in [3.05, 3.63) is 35.7 Å². The number of hydrogen-bond acceptors (Lipinski definition) is 6. The average Bonchev–Trinajstić information content (AvgIpc) is 2.86. The Balaban J connectivity index is 1.95. The predicted octanol–water partition coefficient (Wildman–Crippen LogP) is -0.296. The highest BCUT2D eigenvalue weighted by atomic mass is 16.4. The predicted molar refractivity (Wildman–Crippen MR) is 68.6 cm³/mol. The maximum Gasteiger partial charge on any atom is 0.325 e. The van der Waals surface area contributed by atoms with E-state index in [2.05, 4.69) is 15.6 Å². The Morgan fingerprint density at radius 3 is 2.67 bits per heavy atom. The zero-order valence-electron chi connectivity index (χ0n) is 10.7. The fourth-order valence-electron chi connectivity index (χ4n) is 1.57. The molecule has 0 saturated carbocycles. The van der Waals surface area contributed by atoms with Crippen LogP contribution in [0.15, 0.2) is 24.4 Å². The summed E-state index contributed by atoms with van der Waals surface area (Å²) in [7, 11) is 0. The lowest BCUT2D eigenvalue weighted by Gasteiger charge is -2.04. The summed E-state index contributed by atoms with van der Waals surface area (Å²) in [5.41, 5.74) is 0.566. The molecule has 1 aromatic carbocycles. The van der Waals surface area contributed by atoms with Crippen molar-refractivity contribution in [1.29, 1.82) is 0 Å². The normalized spacial score (nSPS) is 10.3. The van der Waals surface area contributed by atoms with Gasteiger partial charge in [0.25, 0.3) is 5.91 Å². The van der Waals surface area contributed by atoms with E-state index in [9.17, 15) is 14.7 Å². The first-order chi connectivity index (χ1) is 9.95. The van der Waals surface area contributed by atoms with Crippen molar-refractivity contribution in [2.24, 2.45) is 0 Å². The van der Waals surface area contributed by atoms with Gasteiger partial charge in [0, 0.05) is 5.56 Å². The van der Waals surface area contributed by atoms with Crippen molar-refractivity contribution in [2.75, 3.05) is 0 Å². The van der Waals surface area contributed by atoms with Crippen molar-refractivity contribution in [2.45, 2.75) is 13.1 Å². The fourth-order valence-corrected chi connectivity index (χ4v) is 1.57. The largest absolute Gasteiger partial charge is 0.504 e. The number of carboxylic acids is 1. The van der Waals surface area contributed by atoms with Crippen LogP contribution in [0.2, 0.25) is 0 Å². The van der Waals surface area contributed by atoms with Gasteiger partial charge in [-0.1, -0.05) is 5.21 Å². The second-order valence-corrected chi connectivity index (χ2v) is 4.19. The molecule has 0 aliphatic rings. The number of carboxylic acid groups (broad SMARTS) is 1. The number of nitrogens with zero attached hydrogens (tertiary/aromatic N) is 3. The maximum absolute atomic E-state index is 11.8. The Labute approximate surface area is 118 Å². The molecule has 2 aromatic rings. The molecule has 0 spiro atoms. The van der Waals surface area contributed by atoms with Gasteiger partial charge in [0.2, 0.25) is 0 Å². The Hall–Kier alpha value is -3.10. The molecule has 0 aliphatic carbocycles. The summed E-state index contributed by atoms with van der Waals surface area (Å²) in [5, 5.41) is 36.9. The number of phenolic OH excluding ortho intramolecular Hbond substituents is 2. The number of amides is 1. The van der Waals surface area contributed by atoms with Crippen LogP contribution in [-0.2, 0) is 17.9 Å². The lowest BCUT2D eigenvalue weighted by atomic mass is 10.2. The maximum atomic E-state index is 11.8. The number of carbonyl (C=O) groups is 2. The molecule has 0 saturated heterocycles. The second-order valence-electron chi connectivity index (χ2n) is 4.19. The van der Waals surface area contributed by atoms with E-state index in [1.807, 2.05) is 0 Å². The van der Waals surface area contributed by atoms with Gasteiger partial charge in [-0.05, 0) is 18.2 Å². The van der Waals surface area contributed by atoms with E-state index in [0.29, 0.717) is 5.69 Å². The van der Waals surface area contributed by atoms with Gasteiger partial charge in [-0.15, -0.1) is 5.10 Å². The molecule has 0 fully saturated rings. The molecule has 110 valence electrons. The van der Waals surface area contributed by atoms with Crippen molar-refractivity contribution in [3.63, 3.8) is 0 Å². The molecule has 0 bridgehead atoms. The van der Waals surface area contributed by atoms with Crippen LogP contribution in [0.3, 0.4) is 0 Å².